The van der Waals surface area contributed by atoms with Gasteiger partial charge in [-0.2, -0.15) is 0 Å². The highest BCUT2D eigenvalue weighted by molar-refractivity contribution is 6.62. The van der Waals surface area contributed by atoms with Crippen LogP contribution in [-0.4, -0.2) is 82.7 Å². The zero-order valence-corrected chi connectivity index (χ0v) is 15.5. The van der Waals surface area contributed by atoms with Crippen LogP contribution in [0.3, 0.4) is 0 Å². The second kappa shape index (κ2) is 7.46. The molecule has 12 heteroatoms. The molecule has 3 aliphatic rings. The number of nitrogens with zero attached hydrogens (tertiary/aromatic N) is 1. The zero-order valence-electron chi connectivity index (χ0n) is 15.5. The van der Waals surface area contributed by atoms with Crippen molar-refractivity contribution in [2.24, 2.45) is 0 Å². The highest BCUT2D eigenvalue weighted by Crippen LogP contribution is 2.63. The third kappa shape index (κ3) is 3.89. The fourth-order valence-corrected chi connectivity index (χ4v) is 3.93. The number of fused-ring (bicyclic) bond motifs is 3. The van der Waals surface area contributed by atoms with Crippen LogP contribution in [-0.2, 0) is 9.63 Å². The van der Waals surface area contributed by atoms with E-state index in [1.165, 1.54) is 0 Å². The topological polar surface area (TPSA) is 158 Å². The van der Waals surface area contributed by atoms with Crippen LogP contribution in [0.1, 0.15) is 28.3 Å². The van der Waals surface area contributed by atoms with Gasteiger partial charge in [-0.05, 0) is 17.5 Å². The van der Waals surface area contributed by atoms with Crippen LogP contribution < -0.4 is 14.9 Å². The number of hydrogen-bond acceptors (Lipinski definition) is 9. The smallest absolute Gasteiger partial charge is 0.434 e. The molecule has 1 amide bonds. The van der Waals surface area contributed by atoms with Gasteiger partial charge >= 0.3 is 12.7 Å². The molecule has 158 valence electrons. The summed E-state index contributed by atoms with van der Waals surface area (Å²) in [4.78, 5) is 30.0. The van der Waals surface area contributed by atoms with Crippen LogP contribution in [0.15, 0.2) is 12.1 Å². The van der Waals surface area contributed by atoms with E-state index >= 15 is 0 Å². The van der Waals surface area contributed by atoms with Crippen molar-refractivity contribution in [3.63, 3.8) is 0 Å². The first-order chi connectivity index (χ1) is 13.8. The summed E-state index contributed by atoms with van der Waals surface area (Å²) in [6, 6.07) is 3.27. The molecule has 2 heterocycles. The van der Waals surface area contributed by atoms with Crippen LogP contribution in [0, 0.1) is 0 Å². The van der Waals surface area contributed by atoms with E-state index in [9.17, 15) is 24.7 Å². The SMILES string of the molecule is O=C(CN1CC(Oc2ccc3c(c2C(=O)O)O[B-](O)(O)[C@@H]2CC32)C1)NOCCO. The number of rotatable bonds is 8. The molecule has 1 aliphatic carbocycles. The summed E-state index contributed by atoms with van der Waals surface area (Å²) in [5.74, 6) is -2.12. The molecule has 1 unspecified atom stereocenters. The van der Waals surface area contributed by atoms with E-state index in [1.54, 1.807) is 17.0 Å². The van der Waals surface area contributed by atoms with Gasteiger partial charge in [0, 0.05) is 13.1 Å². The first-order valence-electron chi connectivity index (χ1n) is 9.39. The Hall–Kier alpha value is -2.38. The van der Waals surface area contributed by atoms with Crippen molar-refractivity contribution in [2.45, 2.75) is 24.3 Å². The summed E-state index contributed by atoms with van der Waals surface area (Å²) in [7, 11) is 0. The van der Waals surface area contributed by atoms with E-state index in [2.05, 4.69) is 5.48 Å². The van der Waals surface area contributed by atoms with Crippen molar-refractivity contribution in [1.82, 2.24) is 10.4 Å². The lowest BCUT2D eigenvalue weighted by Gasteiger charge is -2.40. The van der Waals surface area contributed by atoms with E-state index in [4.69, 9.17) is 19.3 Å². The normalized spacial score (nSPS) is 24.5. The predicted octanol–water partition coefficient (Wildman–Crippen LogP) is -1.34. The number of hydroxylamine groups is 1. The first kappa shape index (κ1) is 19.9. The van der Waals surface area contributed by atoms with Crippen molar-refractivity contribution in [1.29, 1.82) is 0 Å². The van der Waals surface area contributed by atoms with Crippen LogP contribution in [0.2, 0.25) is 5.82 Å². The molecular formula is C17H22BN2O9-. The van der Waals surface area contributed by atoms with Crippen LogP contribution in [0.5, 0.6) is 11.5 Å². The molecule has 5 N–H and O–H groups in total. The summed E-state index contributed by atoms with van der Waals surface area (Å²) in [6.07, 6.45) is 0.217. The number of carboxylic acids is 1. The number of likely N-dealkylation sites (tertiary alicyclic amines) is 1. The quantitative estimate of drug-likeness (QED) is 0.198. The maximum absolute atomic E-state index is 11.8. The molecule has 2 aliphatic heterocycles. The predicted molar refractivity (Wildman–Crippen MR) is 97.4 cm³/mol. The standard InChI is InChI=1S/C17H22BN2O9/c21-3-4-27-19-14(22)8-20-6-9(7-20)28-13-2-1-10-11-5-12(11)18(25,26)29-16(10)15(13)17(23)24/h1-2,9,11-12,21,25-26H,3-8H2,(H,19,22)(H,23,24)/q-1/t11?,12-/m1/s1. The molecule has 2 fully saturated rings. The molecule has 1 saturated heterocycles. The third-order valence-electron chi connectivity index (χ3n) is 5.42. The lowest BCUT2D eigenvalue weighted by molar-refractivity contribution is -0.137. The van der Waals surface area contributed by atoms with Gasteiger partial charge in [-0.15, -0.1) is 0 Å². The summed E-state index contributed by atoms with van der Waals surface area (Å²) < 4.78 is 11.1. The molecule has 1 aromatic carbocycles. The Balaban J connectivity index is 1.39. The minimum Gasteiger partial charge on any atom is -0.669 e. The van der Waals surface area contributed by atoms with E-state index < -0.39 is 18.5 Å². The number of hydrogen-bond donors (Lipinski definition) is 5. The summed E-state index contributed by atoms with van der Waals surface area (Å²) in [5.41, 5.74) is 2.62. The first-order valence-corrected chi connectivity index (χ1v) is 9.39. The van der Waals surface area contributed by atoms with Gasteiger partial charge in [0.25, 0.3) is 5.91 Å². The van der Waals surface area contributed by atoms with Gasteiger partial charge in [0.15, 0.2) is 0 Å². The monoisotopic (exact) mass is 409 g/mol. The third-order valence-corrected chi connectivity index (χ3v) is 5.42. The Labute approximate surface area is 165 Å². The number of aliphatic hydroxyl groups excluding tert-OH is 1. The lowest BCUT2D eigenvalue weighted by atomic mass is 9.68. The van der Waals surface area contributed by atoms with Crippen molar-refractivity contribution < 1.29 is 44.1 Å². The number of ether oxygens (including phenoxy) is 1. The fourth-order valence-electron chi connectivity index (χ4n) is 3.93. The van der Waals surface area contributed by atoms with Gasteiger partial charge in [0.2, 0.25) is 0 Å². The average Bonchev–Trinajstić information content (AvgIpc) is 3.41. The fraction of sp³-hybridized carbons (Fsp3) is 0.529. The average molecular weight is 409 g/mol. The Morgan fingerprint density at radius 3 is 2.76 bits per heavy atom. The number of carboxylic acid groups (broad SMARTS) is 1. The molecule has 0 bridgehead atoms. The van der Waals surface area contributed by atoms with Gasteiger partial charge in [-0.25, -0.2) is 10.3 Å². The molecule has 4 rings (SSSR count). The maximum Gasteiger partial charge on any atom is 0.434 e. The second-order valence-electron chi connectivity index (χ2n) is 7.58. The van der Waals surface area contributed by atoms with Crippen molar-refractivity contribution in [3.8, 4) is 11.5 Å². The molecule has 0 aromatic heterocycles. The van der Waals surface area contributed by atoms with Gasteiger partial charge in [0.1, 0.15) is 17.4 Å². The van der Waals surface area contributed by atoms with Gasteiger partial charge < -0.3 is 29.7 Å². The minimum atomic E-state index is -3.09. The molecule has 1 aromatic rings. The van der Waals surface area contributed by atoms with E-state index in [1.807, 2.05) is 0 Å². The molecule has 2 atom stereocenters. The Morgan fingerprint density at radius 1 is 1.31 bits per heavy atom. The number of nitrogens with one attached hydrogen (secondary N) is 1. The summed E-state index contributed by atoms with van der Waals surface area (Å²) >= 11 is 0. The number of aromatic carboxylic acids is 1. The molecular weight excluding hydrogens is 387 g/mol. The van der Waals surface area contributed by atoms with Gasteiger partial charge in [-0.3, -0.25) is 14.5 Å². The summed E-state index contributed by atoms with van der Waals surface area (Å²) in [6.45, 7) is -2.40. The van der Waals surface area contributed by atoms with E-state index in [-0.39, 0.29) is 54.8 Å². The number of benzene rings is 1. The lowest BCUT2D eigenvalue weighted by Crippen LogP contribution is -2.56. The highest BCUT2D eigenvalue weighted by atomic mass is 16.7. The van der Waals surface area contributed by atoms with Crippen molar-refractivity contribution >= 4 is 18.6 Å². The van der Waals surface area contributed by atoms with E-state index in [0.717, 1.165) is 0 Å². The molecule has 29 heavy (non-hydrogen) atoms. The second-order valence-corrected chi connectivity index (χ2v) is 7.58. The number of aliphatic hydroxyl groups is 1. The van der Waals surface area contributed by atoms with Crippen LogP contribution >= 0.6 is 0 Å². The largest absolute Gasteiger partial charge is 0.669 e. The number of carbonyl (C=O) groups excluding carboxylic acids is 1. The number of carbonyl (C=O) groups is 2. The van der Waals surface area contributed by atoms with Gasteiger partial charge in [-0.1, -0.05) is 18.3 Å². The number of amides is 1. The van der Waals surface area contributed by atoms with Crippen molar-refractivity contribution in [2.75, 3.05) is 32.8 Å². The zero-order chi connectivity index (χ0) is 20.8. The molecule has 11 nitrogen and oxygen atoms in total. The highest BCUT2D eigenvalue weighted by Gasteiger charge is 2.55. The van der Waals surface area contributed by atoms with Crippen LogP contribution in [0.25, 0.3) is 0 Å². The summed E-state index contributed by atoms with van der Waals surface area (Å²) in [5, 5.41) is 38.4. The Morgan fingerprint density at radius 2 is 2.07 bits per heavy atom. The van der Waals surface area contributed by atoms with Crippen LogP contribution in [0.4, 0.5) is 0 Å². The molecule has 0 radical (unpaired) electrons. The molecule has 0 spiro atoms. The Kier molecular flexibility index (Phi) is 5.13. The molecule has 1 saturated carbocycles. The van der Waals surface area contributed by atoms with Crippen molar-refractivity contribution in [3.05, 3.63) is 23.3 Å². The Bertz CT molecular complexity index is 827. The minimum absolute atomic E-state index is 0.00168. The van der Waals surface area contributed by atoms with Gasteiger partial charge in [0.05, 0.1) is 25.5 Å². The maximum atomic E-state index is 11.8. The van der Waals surface area contributed by atoms with E-state index in [0.29, 0.717) is 25.1 Å².